The summed E-state index contributed by atoms with van der Waals surface area (Å²) in [6.07, 6.45) is 0.610. The predicted octanol–water partition coefficient (Wildman–Crippen LogP) is 4.03. The second-order valence-corrected chi connectivity index (χ2v) is 9.72. The molecule has 32 heavy (non-hydrogen) atoms. The molecule has 0 unspecified atom stereocenters. The molecule has 0 atom stereocenters. The zero-order valence-electron chi connectivity index (χ0n) is 16.8. The lowest BCUT2D eigenvalue weighted by Crippen LogP contribution is -2.36. The normalized spacial score (nSPS) is 15.3. The lowest BCUT2D eigenvalue weighted by atomic mass is 10.0. The average Bonchev–Trinajstić information content (AvgIpc) is 3.27. The second kappa shape index (κ2) is 8.12. The van der Waals surface area contributed by atoms with Gasteiger partial charge in [0.1, 0.15) is 10.6 Å². The first-order valence-electron chi connectivity index (χ1n) is 9.90. The molecule has 0 N–H and O–H groups in total. The van der Waals surface area contributed by atoms with Gasteiger partial charge in [0.15, 0.2) is 11.5 Å². The minimum atomic E-state index is -3.92. The van der Waals surface area contributed by atoms with Gasteiger partial charge in [-0.1, -0.05) is 35.9 Å². The molecule has 0 spiro atoms. The van der Waals surface area contributed by atoms with Crippen LogP contribution in [0.4, 0.5) is 0 Å². The van der Waals surface area contributed by atoms with Crippen LogP contribution in [0.15, 0.2) is 65.6 Å². The molecule has 0 amide bonds. The first-order chi connectivity index (χ1) is 15.4. The van der Waals surface area contributed by atoms with Crippen LogP contribution < -0.4 is 14.2 Å². The average molecular weight is 472 g/mol. The van der Waals surface area contributed by atoms with Crippen LogP contribution in [0.1, 0.15) is 21.5 Å². The van der Waals surface area contributed by atoms with Crippen LogP contribution in [-0.4, -0.2) is 32.0 Å². The molecular formula is C23H18ClNO6S. The maximum absolute atomic E-state index is 13.3. The van der Waals surface area contributed by atoms with Crippen molar-refractivity contribution in [3.63, 3.8) is 0 Å². The monoisotopic (exact) mass is 471 g/mol. The number of nitrogens with zero attached hydrogens (tertiary/aromatic N) is 1. The van der Waals surface area contributed by atoms with Crippen LogP contribution in [0.3, 0.4) is 0 Å². The van der Waals surface area contributed by atoms with Gasteiger partial charge in [-0.3, -0.25) is 0 Å². The van der Waals surface area contributed by atoms with Gasteiger partial charge in [-0.05, 0) is 47.9 Å². The molecule has 0 bridgehead atoms. The number of halogens is 1. The first kappa shape index (κ1) is 20.8. The zero-order valence-corrected chi connectivity index (χ0v) is 18.4. The van der Waals surface area contributed by atoms with Crippen molar-refractivity contribution in [2.45, 2.75) is 17.9 Å². The molecule has 164 valence electrons. The van der Waals surface area contributed by atoms with Crippen molar-refractivity contribution in [2.24, 2.45) is 0 Å². The third-order valence-corrected chi connectivity index (χ3v) is 7.76. The van der Waals surface area contributed by atoms with Crippen LogP contribution in [-0.2, 0) is 23.0 Å². The van der Waals surface area contributed by atoms with E-state index < -0.39 is 16.0 Å². The van der Waals surface area contributed by atoms with Gasteiger partial charge >= 0.3 is 5.97 Å². The summed E-state index contributed by atoms with van der Waals surface area (Å²) in [6, 6.07) is 16.6. The summed E-state index contributed by atoms with van der Waals surface area (Å²) in [5, 5.41) is 0.0449. The molecule has 0 fully saturated rings. The molecule has 0 saturated heterocycles. The SMILES string of the molecule is O=C(Oc1ccc2c(c1)OCO2)c1ccc(Cl)c(S(=O)(=O)N2CCc3ccccc3C2)c1. The molecule has 0 aliphatic carbocycles. The van der Waals surface area contributed by atoms with E-state index in [1.807, 2.05) is 24.3 Å². The van der Waals surface area contributed by atoms with Crippen LogP contribution in [0, 0.1) is 0 Å². The third-order valence-electron chi connectivity index (χ3n) is 5.43. The molecule has 0 saturated carbocycles. The number of rotatable bonds is 4. The van der Waals surface area contributed by atoms with Gasteiger partial charge in [-0.2, -0.15) is 4.31 Å². The van der Waals surface area contributed by atoms with Gasteiger partial charge in [0, 0.05) is 19.2 Å². The van der Waals surface area contributed by atoms with Crippen molar-refractivity contribution in [3.05, 3.63) is 82.4 Å². The van der Waals surface area contributed by atoms with E-state index in [0.717, 1.165) is 11.1 Å². The van der Waals surface area contributed by atoms with E-state index in [-0.39, 0.29) is 34.6 Å². The second-order valence-electron chi connectivity index (χ2n) is 7.41. The number of sulfonamides is 1. The Labute approximate surface area is 190 Å². The summed E-state index contributed by atoms with van der Waals surface area (Å²) in [7, 11) is -3.92. The maximum Gasteiger partial charge on any atom is 0.343 e. The molecule has 5 rings (SSSR count). The number of esters is 1. The minimum Gasteiger partial charge on any atom is -0.454 e. The summed E-state index contributed by atoms with van der Waals surface area (Å²) in [4.78, 5) is 12.6. The highest BCUT2D eigenvalue weighted by Gasteiger charge is 2.31. The number of carbonyl (C=O) groups is 1. The van der Waals surface area contributed by atoms with Gasteiger partial charge in [0.25, 0.3) is 0 Å². The van der Waals surface area contributed by atoms with E-state index in [9.17, 15) is 13.2 Å². The van der Waals surface area contributed by atoms with Crippen LogP contribution in [0.5, 0.6) is 17.2 Å². The van der Waals surface area contributed by atoms with Gasteiger partial charge in [-0.25, -0.2) is 13.2 Å². The van der Waals surface area contributed by atoms with Gasteiger partial charge in [0.2, 0.25) is 16.8 Å². The van der Waals surface area contributed by atoms with Crippen molar-refractivity contribution >= 4 is 27.6 Å². The first-order valence-corrected chi connectivity index (χ1v) is 11.7. The molecule has 7 nitrogen and oxygen atoms in total. The fourth-order valence-electron chi connectivity index (χ4n) is 3.75. The van der Waals surface area contributed by atoms with E-state index in [2.05, 4.69) is 0 Å². The highest BCUT2D eigenvalue weighted by molar-refractivity contribution is 7.89. The van der Waals surface area contributed by atoms with E-state index in [4.69, 9.17) is 25.8 Å². The van der Waals surface area contributed by atoms with Gasteiger partial charge in [-0.15, -0.1) is 0 Å². The van der Waals surface area contributed by atoms with Gasteiger partial charge < -0.3 is 14.2 Å². The Morgan fingerprint density at radius 3 is 2.59 bits per heavy atom. The van der Waals surface area contributed by atoms with Crippen molar-refractivity contribution in [3.8, 4) is 17.2 Å². The highest BCUT2D eigenvalue weighted by atomic mass is 35.5. The molecule has 2 aliphatic heterocycles. The Bertz CT molecular complexity index is 1320. The van der Waals surface area contributed by atoms with Crippen molar-refractivity contribution in [1.82, 2.24) is 4.31 Å². The fraction of sp³-hybridized carbons (Fsp3) is 0.174. The third kappa shape index (κ3) is 3.81. The number of fused-ring (bicyclic) bond motifs is 2. The maximum atomic E-state index is 13.3. The lowest BCUT2D eigenvalue weighted by molar-refractivity contribution is 0.0734. The Morgan fingerprint density at radius 2 is 1.75 bits per heavy atom. The number of benzene rings is 3. The van der Waals surface area contributed by atoms with Crippen LogP contribution in [0.25, 0.3) is 0 Å². The van der Waals surface area contributed by atoms with E-state index in [1.54, 1.807) is 18.2 Å². The highest BCUT2D eigenvalue weighted by Crippen LogP contribution is 2.35. The number of hydrogen-bond acceptors (Lipinski definition) is 6. The smallest absolute Gasteiger partial charge is 0.343 e. The molecule has 3 aromatic rings. The number of carbonyl (C=O) groups excluding carboxylic acids is 1. The van der Waals surface area contributed by atoms with E-state index in [1.165, 1.54) is 22.5 Å². The van der Waals surface area contributed by atoms with E-state index in [0.29, 0.717) is 24.5 Å². The molecule has 9 heteroatoms. The summed E-state index contributed by atoms with van der Waals surface area (Å²) in [6.45, 7) is 0.689. The quantitative estimate of drug-likeness (QED) is 0.422. The number of ether oxygens (including phenoxy) is 3. The fourth-order valence-corrected chi connectivity index (χ4v) is 5.67. The Hall–Kier alpha value is -3.07. The standard InChI is InChI=1S/C23H18ClNO6S/c24-19-7-5-16(23(26)31-18-6-8-20-21(12-18)30-14-29-20)11-22(19)32(27,28)25-10-9-15-3-1-2-4-17(15)13-25/h1-8,11-12H,9-10,13-14H2. The Kier molecular flexibility index (Phi) is 5.28. The molecule has 0 aromatic heterocycles. The largest absolute Gasteiger partial charge is 0.454 e. The topological polar surface area (TPSA) is 82.1 Å². The molecular weight excluding hydrogens is 454 g/mol. The molecule has 0 radical (unpaired) electrons. The van der Waals surface area contributed by atoms with Gasteiger partial charge in [0.05, 0.1) is 10.6 Å². The Morgan fingerprint density at radius 1 is 0.969 bits per heavy atom. The van der Waals surface area contributed by atoms with Crippen LogP contribution in [0.2, 0.25) is 5.02 Å². The van der Waals surface area contributed by atoms with Crippen molar-refractivity contribution in [1.29, 1.82) is 0 Å². The number of hydrogen-bond donors (Lipinski definition) is 0. The molecule has 3 aromatic carbocycles. The van der Waals surface area contributed by atoms with Crippen molar-refractivity contribution in [2.75, 3.05) is 13.3 Å². The summed E-state index contributed by atoms with van der Waals surface area (Å²) < 4.78 is 44.0. The predicted molar refractivity (Wildman–Crippen MR) is 117 cm³/mol. The van der Waals surface area contributed by atoms with E-state index >= 15 is 0 Å². The summed E-state index contributed by atoms with van der Waals surface area (Å²) in [5.74, 6) is 0.583. The van der Waals surface area contributed by atoms with Crippen LogP contribution >= 0.6 is 11.6 Å². The summed E-state index contributed by atoms with van der Waals surface area (Å²) in [5.41, 5.74) is 2.16. The molecule has 2 aliphatic rings. The lowest BCUT2D eigenvalue weighted by Gasteiger charge is -2.28. The summed E-state index contributed by atoms with van der Waals surface area (Å²) >= 11 is 6.24. The molecule has 2 heterocycles. The van der Waals surface area contributed by atoms with Crippen molar-refractivity contribution < 1.29 is 27.4 Å². The zero-order chi connectivity index (χ0) is 22.3. The minimum absolute atomic E-state index is 0.0449. The Balaban J connectivity index is 1.40.